The summed E-state index contributed by atoms with van der Waals surface area (Å²) in [5.41, 5.74) is 0. The van der Waals surface area contributed by atoms with E-state index in [-0.39, 0.29) is 0 Å². The number of hydrogen-bond donors (Lipinski definition) is 0. The summed E-state index contributed by atoms with van der Waals surface area (Å²) in [5, 5.41) is 0. The van der Waals surface area contributed by atoms with Crippen molar-refractivity contribution >= 4 is 5.90 Å². The average Bonchev–Trinajstić information content (AvgIpc) is 2.27. The zero-order valence-corrected chi connectivity index (χ0v) is 8.44. The number of rotatable bonds is 4. The fourth-order valence-corrected chi connectivity index (χ4v) is 0.559. The highest BCUT2D eigenvalue weighted by Gasteiger charge is 1.94. The van der Waals surface area contributed by atoms with Gasteiger partial charge in [0.1, 0.15) is 5.76 Å². The first kappa shape index (κ1) is 14.5. The molecule has 2 nitrogen and oxygen atoms in total. The van der Waals surface area contributed by atoms with Crippen molar-refractivity contribution < 1.29 is 4.74 Å². The fourth-order valence-electron chi connectivity index (χ4n) is 0.559. The maximum Gasteiger partial charge on any atom is 0.213 e. The largest absolute Gasteiger partial charge is 0.439 e. The van der Waals surface area contributed by atoms with E-state index in [0.29, 0.717) is 11.7 Å². The Bertz CT molecular complexity index is 269. The first-order valence-electron chi connectivity index (χ1n) is 3.84. The molecular weight excluding hydrogens is 174 g/mol. The van der Waals surface area contributed by atoms with E-state index in [9.17, 15) is 0 Å². The molecule has 0 atom stereocenters. The molecule has 0 radical (unpaired) electrons. The summed E-state index contributed by atoms with van der Waals surface area (Å²) < 4.78 is 5.24. The van der Waals surface area contributed by atoms with Crippen LogP contribution < -0.4 is 0 Å². The van der Waals surface area contributed by atoms with Gasteiger partial charge >= 0.3 is 0 Å². The van der Waals surface area contributed by atoms with Gasteiger partial charge in [-0.1, -0.05) is 25.8 Å². The molecule has 0 aromatic rings. The highest BCUT2D eigenvalue weighted by atomic mass is 16.5. The number of ether oxygens (including phenoxy) is 1. The summed E-state index contributed by atoms with van der Waals surface area (Å²) in [7, 11) is 1.63. The van der Waals surface area contributed by atoms with E-state index in [0.717, 1.165) is 0 Å². The lowest BCUT2D eigenvalue weighted by molar-refractivity contribution is 0.437. The number of aliphatic imine (C=N–C) groups is 1. The minimum atomic E-state index is 0.461. The van der Waals surface area contributed by atoms with Crippen LogP contribution in [-0.4, -0.2) is 12.9 Å². The molecule has 0 fully saturated rings. The molecular formula is C12H15NO. The van der Waals surface area contributed by atoms with Gasteiger partial charge in [-0.3, -0.25) is 4.99 Å². The topological polar surface area (TPSA) is 21.6 Å². The lowest BCUT2D eigenvalue weighted by Crippen LogP contribution is -1.98. The molecule has 2 heteroatoms. The molecule has 0 aliphatic carbocycles. The normalized spacial score (nSPS) is 10.5. The van der Waals surface area contributed by atoms with Crippen molar-refractivity contribution in [2.24, 2.45) is 4.99 Å². The monoisotopic (exact) mass is 189 g/mol. The van der Waals surface area contributed by atoms with Crippen molar-refractivity contribution in [2.45, 2.75) is 0 Å². The van der Waals surface area contributed by atoms with Crippen LogP contribution in [0.5, 0.6) is 0 Å². The minimum Gasteiger partial charge on any atom is -0.439 e. The summed E-state index contributed by atoms with van der Waals surface area (Å²) >= 11 is 0. The molecule has 74 valence electrons. The standard InChI is InChI=1S/C10H13NO.C2H2/c1-5-8-9(6-2)12-10(7-3)11-4;1-2/h5-8H,1-3H2,4H3;1-2H/b9-8+,11-10?;. The Morgan fingerprint density at radius 1 is 1.21 bits per heavy atom. The third-order valence-corrected chi connectivity index (χ3v) is 1.10. The first-order valence-corrected chi connectivity index (χ1v) is 3.84. The third-order valence-electron chi connectivity index (χ3n) is 1.10. The van der Waals surface area contributed by atoms with Gasteiger partial charge < -0.3 is 4.74 Å². The van der Waals surface area contributed by atoms with Crippen molar-refractivity contribution in [1.29, 1.82) is 0 Å². The molecule has 0 aromatic carbocycles. The zero-order chi connectivity index (χ0) is 11.4. The van der Waals surface area contributed by atoms with Crippen molar-refractivity contribution in [1.82, 2.24) is 0 Å². The van der Waals surface area contributed by atoms with Crippen LogP contribution in [0.4, 0.5) is 0 Å². The van der Waals surface area contributed by atoms with Gasteiger partial charge in [-0.05, 0) is 18.2 Å². The Balaban J connectivity index is 0. The van der Waals surface area contributed by atoms with Gasteiger partial charge in [-0.15, -0.1) is 12.8 Å². The van der Waals surface area contributed by atoms with Crippen LogP contribution in [0, 0.1) is 12.8 Å². The van der Waals surface area contributed by atoms with Gasteiger partial charge in [0.15, 0.2) is 0 Å². The molecule has 0 rings (SSSR count). The van der Waals surface area contributed by atoms with Gasteiger partial charge in [0.25, 0.3) is 0 Å². The van der Waals surface area contributed by atoms with E-state index in [4.69, 9.17) is 4.74 Å². The Morgan fingerprint density at radius 3 is 2.07 bits per heavy atom. The SMILES string of the molecule is C#C.C=C/C=C(\C=C)OC(C=C)=NC. The predicted octanol–water partition coefficient (Wildman–Crippen LogP) is 2.72. The highest BCUT2D eigenvalue weighted by molar-refractivity contribution is 5.87. The number of terminal acetylenes is 1. The Kier molecular flexibility index (Phi) is 11.4. The van der Waals surface area contributed by atoms with Crippen LogP contribution in [-0.2, 0) is 4.74 Å². The van der Waals surface area contributed by atoms with E-state index < -0.39 is 0 Å². The smallest absolute Gasteiger partial charge is 0.213 e. The molecule has 0 unspecified atom stereocenters. The summed E-state index contributed by atoms with van der Waals surface area (Å²) in [6.07, 6.45) is 14.4. The maximum absolute atomic E-state index is 5.24. The molecule has 0 saturated carbocycles. The van der Waals surface area contributed by atoms with Crippen LogP contribution in [0.1, 0.15) is 0 Å². The second kappa shape index (κ2) is 11.0. The molecule has 0 aliphatic heterocycles. The highest BCUT2D eigenvalue weighted by Crippen LogP contribution is 2.00. The molecule has 0 aromatic heterocycles. The molecule has 0 aliphatic rings. The number of nitrogens with zero attached hydrogens (tertiary/aromatic N) is 1. The number of hydrogen-bond acceptors (Lipinski definition) is 2. The lowest BCUT2D eigenvalue weighted by Gasteiger charge is -2.03. The van der Waals surface area contributed by atoms with Gasteiger partial charge in [-0.2, -0.15) is 0 Å². The predicted molar refractivity (Wildman–Crippen MR) is 63.0 cm³/mol. The van der Waals surface area contributed by atoms with Crippen molar-refractivity contribution in [3.8, 4) is 12.8 Å². The second-order valence-corrected chi connectivity index (χ2v) is 1.88. The molecule has 0 N–H and O–H groups in total. The Labute approximate surface area is 86.0 Å². The first-order chi connectivity index (χ1) is 6.78. The molecule has 0 saturated heterocycles. The van der Waals surface area contributed by atoms with E-state index >= 15 is 0 Å². The van der Waals surface area contributed by atoms with Crippen LogP contribution >= 0.6 is 0 Å². The Hall–Kier alpha value is -2.01. The van der Waals surface area contributed by atoms with Crippen molar-refractivity contribution in [2.75, 3.05) is 7.05 Å². The van der Waals surface area contributed by atoms with Crippen LogP contribution in [0.3, 0.4) is 0 Å². The van der Waals surface area contributed by atoms with Gasteiger partial charge in [0.05, 0.1) is 0 Å². The molecule has 0 bridgehead atoms. The summed E-state index contributed by atoms with van der Waals surface area (Å²) in [6.45, 7) is 10.6. The van der Waals surface area contributed by atoms with Gasteiger partial charge in [0, 0.05) is 7.05 Å². The fraction of sp³-hybridized carbons (Fsp3) is 0.0833. The van der Waals surface area contributed by atoms with E-state index in [1.807, 2.05) is 0 Å². The van der Waals surface area contributed by atoms with E-state index in [1.54, 1.807) is 25.3 Å². The van der Waals surface area contributed by atoms with Gasteiger partial charge in [0.2, 0.25) is 5.90 Å². The molecule has 14 heavy (non-hydrogen) atoms. The quantitative estimate of drug-likeness (QED) is 0.219. The minimum absolute atomic E-state index is 0.461. The Morgan fingerprint density at radius 2 is 1.79 bits per heavy atom. The zero-order valence-electron chi connectivity index (χ0n) is 8.44. The maximum atomic E-state index is 5.24. The van der Waals surface area contributed by atoms with Crippen molar-refractivity contribution in [3.05, 3.63) is 49.8 Å². The molecule has 0 amide bonds. The van der Waals surface area contributed by atoms with E-state index in [1.165, 1.54) is 6.08 Å². The van der Waals surface area contributed by atoms with Crippen LogP contribution in [0.25, 0.3) is 0 Å². The summed E-state index contributed by atoms with van der Waals surface area (Å²) in [6, 6.07) is 0. The average molecular weight is 189 g/mol. The summed E-state index contributed by atoms with van der Waals surface area (Å²) in [5.74, 6) is 1.06. The lowest BCUT2D eigenvalue weighted by atomic mass is 10.4. The van der Waals surface area contributed by atoms with Crippen LogP contribution in [0.2, 0.25) is 0 Å². The molecule has 0 heterocycles. The van der Waals surface area contributed by atoms with E-state index in [2.05, 4.69) is 37.6 Å². The summed E-state index contributed by atoms with van der Waals surface area (Å²) in [4.78, 5) is 3.83. The second-order valence-electron chi connectivity index (χ2n) is 1.88. The van der Waals surface area contributed by atoms with Crippen LogP contribution in [0.15, 0.2) is 54.8 Å². The third kappa shape index (κ3) is 6.68. The van der Waals surface area contributed by atoms with Crippen molar-refractivity contribution in [3.63, 3.8) is 0 Å². The van der Waals surface area contributed by atoms with Gasteiger partial charge in [-0.25, -0.2) is 0 Å². The molecule has 0 spiro atoms. The number of allylic oxidation sites excluding steroid dienone is 3.